The zero-order valence-electron chi connectivity index (χ0n) is 12.3. The third-order valence-corrected chi connectivity index (χ3v) is 4.59. The second-order valence-electron chi connectivity index (χ2n) is 4.47. The van der Waals surface area contributed by atoms with E-state index < -0.39 is 11.9 Å². The van der Waals surface area contributed by atoms with Crippen LogP contribution in [-0.2, 0) is 19.1 Å². The van der Waals surface area contributed by atoms with E-state index in [4.69, 9.17) is 4.74 Å². The number of rotatable bonds is 6. The summed E-state index contributed by atoms with van der Waals surface area (Å²) in [6.07, 6.45) is 1.39. The Balaban J connectivity index is 2.23. The molecule has 1 aliphatic rings. The Bertz CT molecular complexity index is 671. The quantitative estimate of drug-likeness (QED) is 0.235. The predicted octanol–water partition coefficient (Wildman–Crippen LogP) is 2.03. The monoisotopic (exact) mass is 354 g/mol. The van der Waals surface area contributed by atoms with Gasteiger partial charge in [-0.15, -0.1) is 0 Å². The van der Waals surface area contributed by atoms with Crippen molar-refractivity contribution in [3.63, 3.8) is 0 Å². The fraction of sp³-hybridized carbons (Fsp3) is 0.231. The number of ether oxygens (including phenoxy) is 1. The molecule has 1 aromatic heterocycles. The molecule has 1 aliphatic heterocycles. The molecule has 0 aromatic carbocycles. The van der Waals surface area contributed by atoms with Gasteiger partial charge in [-0.3, -0.25) is 9.59 Å². The maximum absolute atomic E-state index is 12.5. The van der Waals surface area contributed by atoms with Crippen LogP contribution in [0.15, 0.2) is 27.0 Å². The van der Waals surface area contributed by atoms with Crippen LogP contribution in [0.2, 0.25) is 0 Å². The normalized spacial score (nSPS) is 13.1. The number of imidazole rings is 1. The number of nitrogens with zero attached hydrogens (tertiary/aromatic N) is 1. The Morgan fingerprint density at radius 1 is 1.35 bits per heavy atom. The van der Waals surface area contributed by atoms with Crippen LogP contribution in [0.4, 0.5) is 11.6 Å². The van der Waals surface area contributed by atoms with Gasteiger partial charge in [0.25, 0.3) is 5.91 Å². The molecule has 0 unspecified atom stereocenters. The lowest BCUT2D eigenvalue weighted by atomic mass is 10.3. The molecule has 122 valence electrons. The molecule has 1 aromatic rings. The number of hydrogen-bond donors (Lipinski definition) is 3. The highest BCUT2D eigenvalue weighted by molar-refractivity contribution is 8.27. The lowest BCUT2D eigenvalue weighted by Gasteiger charge is -2.12. The SMILES string of the molecule is CC(C)OC(=O)C(C(=O)Nc1[nH]cnc1NC=O)=C1SC=CS1. The molecule has 0 atom stereocenters. The highest BCUT2D eigenvalue weighted by Crippen LogP contribution is 2.40. The van der Waals surface area contributed by atoms with Crippen molar-refractivity contribution in [3.05, 3.63) is 27.0 Å². The molecule has 2 amide bonds. The molecule has 8 nitrogen and oxygen atoms in total. The first-order valence-electron chi connectivity index (χ1n) is 6.51. The number of anilines is 2. The van der Waals surface area contributed by atoms with Gasteiger partial charge in [-0.2, -0.15) is 0 Å². The summed E-state index contributed by atoms with van der Waals surface area (Å²) in [5.74, 6) is -1.02. The maximum atomic E-state index is 12.5. The van der Waals surface area contributed by atoms with E-state index in [0.717, 1.165) is 0 Å². The molecular weight excluding hydrogens is 340 g/mol. The van der Waals surface area contributed by atoms with Gasteiger partial charge in [0.05, 0.1) is 16.7 Å². The molecule has 0 fully saturated rings. The van der Waals surface area contributed by atoms with E-state index in [9.17, 15) is 14.4 Å². The van der Waals surface area contributed by atoms with Gasteiger partial charge >= 0.3 is 5.97 Å². The number of amides is 2. The van der Waals surface area contributed by atoms with Crippen LogP contribution in [0.5, 0.6) is 0 Å². The Kier molecular flexibility index (Phi) is 5.88. The molecule has 0 saturated heterocycles. The first kappa shape index (κ1) is 17.2. The maximum Gasteiger partial charge on any atom is 0.345 e. The summed E-state index contributed by atoms with van der Waals surface area (Å²) in [4.78, 5) is 41.7. The van der Waals surface area contributed by atoms with Crippen LogP contribution < -0.4 is 10.6 Å². The van der Waals surface area contributed by atoms with E-state index in [1.54, 1.807) is 24.7 Å². The molecular formula is C13H14N4O4S2. The minimum atomic E-state index is -0.708. The summed E-state index contributed by atoms with van der Waals surface area (Å²) in [5, 5.41) is 8.39. The summed E-state index contributed by atoms with van der Waals surface area (Å²) in [6.45, 7) is 3.40. The number of H-pyrrole nitrogens is 1. The minimum absolute atomic E-state index is 0.0923. The highest BCUT2D eigenvalue weighted by atomic mass is 32.2. The van der Waals surface area contributed by atoms with Gasteiger partial charge in [0.15, 0.2) is 11.6 Å². The lowest BCUT2D eigenvalue weighted by Crippen LogP contribution is -2.25. The van der Waals surface area contributed by atoms with Crippen LogP contribution in [0, 0.1) is 0 Å². The summed E-state index contributed by atoms with van der Waals surface area (Å²) in [5.41, 5.74) is -0.0923. The second kappa shape index (κ2) is 7.88. The predicted molar refractivity (Wildman–Crippen MR) is 89.5 cm³/mol. The molecule has 10 heteroatoms. The van der Waals surface area contributed by atoms with Gasteiger partial charge in [-0.25, -0.2) is 9.78 Å². The van der Waals surface area contributed by atoms with E-state index in [1.807, 2.05) is 0 Å². The van der Waals surface area contributed by atoms with Gasteiger partial charge in [0.1, 0.15) is 5.57 Å². The van der Waals surface area contributed by atoms with E-state index in [-0.39, 0.29) is 23.3 Å². The van der Waals surface area contributed by atoms with Crippen molar-refractivity contribution in [2.45, 2.75) is 20.0 Å². The van der Waals surface area contributed by atoms with Crippen molar-refractivity contribution in [2.24, 2.45) is 0 Å². The first-order valence-corrected chi connectivity index (χ1v) is 8.27. The van der Waals surface area contributed by atoms with E-state index in [1.165, 1.54) is 29.9 Å². The fourth-order valence-electron chi connectivity index (χ4n) is 1.60. The molecule has 2 rings (SSSR count). The number of aromatic amines is 1. The van der Waals surface area contributed by atoms with Crippen LogP contribution in [0.25, 0.3) is 0 Å². The van der Waals surface area contributed by atoms with Gasteiger partial charge in [0, 0.05) is 0 Å². The van der Waals surface area contributed by atoms with E-state index in [2.05, 4.69) is 20.6 Å². The number of carbonyl (C=O) groups is 3. The number of thioether (sulfide) groups is 2. The summed E-state index contributed by atoms with van der Waals surface area (Å²) in [7, 11) is 0. The first-order chi connectivity index (χ1) is 11.0. The second-order valence-corrected chi connectivity index (χ2v) is 6.56. The van der Waals surface area contributed by atoms with E-state index in [0.29, 0.717) is 10.6 Å². The van der Waals surface area contributed by atoms with Crippen molar-refractivity contribution < 1.29 is 19.1 Å². The number of aromatic nitrogens is 2. The van der Waals surface area contributed by atoms with E-state index >= 15 is 0 Å². The average molecular weight is 354 g/mol. The van der Waals surface area contributed by atoms with Crippen molar-refractivity contribution in [1.82, 2.24) is 9.97 Å². The molecule has 23 heavy (non-hydrogen) atoms. The van der Waals surface area contributed by atoms with Crippen molar-refractivity contribution in [3.8, 4) is 0 Å². The minimum Gasteiger partial charge on any atom is -0.459 e. The van der Waals surface area contributed by atoms with Crippen molar-refractivity contribution in [1.29, 1.82) is 0 Å². The number of esters is 1. The van der Waals surface area contributed by atoms with Gasteiger partial charge < -0.3 is 20.4 Å². The fourth-order valence-corrected chi connectivity index (χ4v) is 3.43. The van der Waals surface area contributed by atoms with Crippen LogP contribution in [-0.4, -0.2) is 34.4 Å². The van der Waals surface area contributed by atoms with Gasteiger partial charge in [0.2, 0.25) is 6.41 Å². The van der Waals surface area contributed by atoms with Crippen molar-refractivity contribution in [2.75, 3.05) is 10.6 Å². The lowest BCUT2D eigenvalue weighted by molar-refractivity contribution is -0.143. The zero-order chi connectivity index (χ0) is 16.8. The molecule has 3 N–H and O–H groups in total. The standard InChI is InChI=1S/C13H14N4O4S2/c1-7(2)21-12(20)8(13-22-3-4-23-13)11(19)17-10-9(16-6-18)14-5-15-10/h3-7H,1-2H3,(H,14,15)(H,16,18)(H,17,19). The Labute approximate surface area is 140 Å². The third kappa shape index (κ3) is 4.39. The third-order valence-electron chi connectivity index (χ3n) is 2.46. The number of hydrogen-bond acceptors (Lipinski definition) is 7. The molecule has 0 aliphatic carbocycles. The summed E-state index contributed by atoms with van der Waals surface area (Å²) in [6, 6.07) is 0. The average Bonchev–Trinajstić information content (AvgIpc) is 3.11. The summed E-state index contributed by atoms with van der Waals surface area (Å²) >= 11 is 2.53. The largest absolute Gasteiger partial charge is 0.459 e. The van der Waals surface area contributed by atoms with Crippen LogP contribution >= 0.6 is 23.5 Å². The zero-order valence-corrected chi connectivity index (χ0v) is 13.9. The van der Waals surface area contributed by atoms with Gasteiger partial charge in [-0.1, -0.05) is 23.5 Å². The Hall–Kier alpha value is -2.20. The molecule has 0 saturated carbocycles. The van der Waals surface area contributed by atoms with Crippen LogP contribution in [0.1, 0.15) is 13.8 Å². The number of nitrogens with one attached hydrogen (secondary N) is 3. The van der Waals surface area contributed by atoms with Gasteiger partial charge in [-0.05, 0) is 24.7 Å². The topological polar surface area (TPSA) is 113 Å². The highest BCUT2D eigenvalue weighted by Gasteiger charge is 2.28. The molecule has 0 radical (unpaired) electrons. The number of carbonyl (C=O) groups excluding carboxylic acids is 3. The van der Waals surface area contributed by atoms with Crippen molar-refractivity contribution >= 4 is 53.4 Å². The molecule has 0 spiro atoms. The smallest absolute Gasteiger partial charge is 0.345 e. The Morgan fingerprint density at radius 2 is 2.04 bits per heavy atom. The van der Waals surface area contributed by atoms with Crippen LogP contribution in [0.3, 0.4) is 0 Å². The Morgan fingerprint density at radius 3 is 2.65 bits per heavy atom. The summed E-state index contributed by atoms with van der Waals surface area (Å²) < 4.78 is 5.66. The molecule has 0 bridgehead atoms. The molecule has 2 heterocycles.